The summed E-state index contributed by atoms with van der Waals surface area (Å²) in [4.78, 5) is 18.1. The van der Waals surface area contributed by atoms with Crippen molar-refractivity contribution in [2.24, 2.45) is 5.92 Å². The number of methoxy groups -OCH3 is 1. The Bertz CT molecular complexity index is 394. The smallest absolute Gasteiger partial charge is 0.310 e. The zero-order valence-electron chi connectivity index (χ0n) is 10.2. The van der Waals surface area contributed by atoms with Crippen molar-refractivity contribution < 1.29 is 9.53 Å². The fraction of sp³-hybridized carbons (Fsp3) is 0.727. The van der Waals surface area contributed by atoms with Crippen LogP contribution in [0.25, 0.3) is 0 Å². The molecule has 5 nitrogen and oxygen atoms in total. The normalized spacial score (nSPS) is 20.4. The Morgan fingerprint density at radius 3 is 3.12 bits per heavy atom. The maximum atomic E-state index is 11.5. The molecule has 0 aromatic carbocycles. The molecular weight excluding hydrogens is 238 g/mol. The Morgan fingerprint density at radius 1 is 1.65 bits per heavy atom. The first-order valence-electron chi connectivity index (χ1n) is 5.90. The zero-order valence-corrected chi connectivity index (χ0v) is 11.0. The summed E-state index contributed by atoms with van der Waals surface area (Å²) in [6, 6.07) is 0. The number of nitrogens with zero attached hydrogens (tertiary/aromatic N) is 3. The third-order valence-corrected chi connectivity index (χ3v) is 3.81. The van der Waals surface area contributed by atoms with Gasteiger partial charge in [-0.25, -0.2) is 4.98 Å². The lowest BCUT2D eigenvalue weighted by molar-refractivity contribution is -0.145. The van der Waals surface area contributed by atoms with Crippen LogP contribution >= 0.6 is 11.5 Å². The summed E-state index contributed by atoms with van der Waals surface area (Å²) < 4.78 is 9.07. The molecule has 1 saturated heterocycles. The molecular formula is C11H17N3O2S. The molecule has 1 aromatic rings. The van der Waals surface area contributed by atoms with Gasteiger partial charge in [0.15, 0.2) is 0 Å². The topological polar surface area (TPSA) is 55.3 Å². The number of esters is 1. The first kappa shape index (κ1) is 12.3. The van der Waals surface area contributed by atoms with E-state index in [1.54, 1.807) is 0 Å². The van der Waals surface area contributed by atoms with Gasteiger partial charge in [-0.3, -0.25) is 4.79 Å². The highest BCUT2D eigenvalue weighted by Gasteiger charge is 2.27. The highest BCUT2D eigenvalue weighted by molar-refractivity contribution is 7.09. The van der Waals surface area contributed by atoms with Crippen molar-refractivity contribution in [3.05, 3.63) is 5.82 Å². The van der Waals surface area contributed by atoms with E-state index in [1.165, 1.54) is 18.6 Å². The molecule has 2 rings (SSSR count). The lowest BCUT2D eigenvalue weighted by Gasteiger charge is -2.30. The second-order valence-electron chi connectivity index (χ2n) is 4.16. The van der Waals surface area contributed by atoms with Gasteiger partial charge in [-0.1, -0.05) is 6.92 Å². The van der Waals surface area contributed by atoms with Gasteiger partial charge in [0.2, 0.25) is 5.13 Å². The third-order valence-electron chi connectivity index (χ3n) is 3.00. The van der Waals surface area contributed by atoms with Crippen LogP contribution in [0.15, 0.2) is 0 Å². The van der Waals surface area contributed by atoms with E-state index in [2.05, 4.69) is 14.3 Å². The molecule has 2 heterocycles. The van der Waals surface area contributed by atoms with E-state index in [9.17, 15) is 4.79 Å². The predicted molar refractivity (Wildman–Crippen MR) is 66.2 cm³/mol. The first-order chi connectivity index (χ1) is 8.24. The number of hydrogen-bond donors (Lipinski definition) is 0. The quantitative estimate of drug-likeness (QED) is 0.766. The highest BCUT2D eigenvalue weighted by Crippen LogP contribution is 2.25. The van der Waals surface area contributed by atoms with Crippen LogP contribution < -0.4 is 4.90 Å². The zero-order chi connectivity index (χ0) is 12.3. The Kier molecular flexibility index (Phi) is 3.93. The van der Waals surface area contributed by atoms with Crippen LogP contribution in [0.3, 0.4) is 0 Å². The van der Waals surface area contributed by atoms with Gasteiger partial charge in [-0.2, -0.15) is 4.37 Å². The molecule has 0 spiro atoms. The summed E-state index contributed by atoms with van der Waals surface area (Å²) in [5.41, 5.74) is 0. The fourth-order valence-corrected chi connectivity index (χ4v) is 2.81. The minimum Gasteiger partial charge on any atom is -0.469 e. The van der Waals surface area contributed by atoms with Gasteiger partial charge in [0.25, 0.3) is 0 Å². The van der Waals surface area contributed by atoms with E-state index < -0.39 is 0 Å². The summed E-state index contributed by atoms with van der Waals surface area (Å²) in [5.74, 6) is 0.739. The summed E-state index contributed by atoms with van der Waals surface area (Å²) in [6.07, 6.45) is 2.76. The molecule has 0 radical (unpaired) electrons. The average Bonchev–Trinajstić information content (AvgIpc) is 2.86. The Balaban J connectivity index is 2.04. The summed E-state index contributed by atoms with van der Waals surface area (Å²) >= 11 is 1.41. The maximum Gasteiger partial charge on any atom is 0.310 e. The summed E-state index contributed by atoms with van der Waals surface area (Å²) in [6.45, 7) is 3.69. The van der Waals surface area contributed by atoms with Crippen molar-refractivity contribution in [3.63, 3.8) is 0 Å². The third kappa shape index (κ3) is 2.74. The molecule has 17 heavy (non-hydrogen) atoms. The highest BCUT2D eigenvalue weighted by atomic mass is 32.1. The van der Waals surface area contributed by atoms with E-state index in [1.807, 2.05) is 6.92 Å². The van der Waals surface area contributed by atoms with Crippen LogP contribution in [0.2, 0.25) is 0 Å². The van der Waals surface area contributed by atoms with Gasteiger partial charge < -0.3 is 9.64 Å². The van der Waals surface area contributed by atoms with Crippen molar-refractivity contribution in [1.29, 1.82) is 0 Å². The van der Waals surface area contributed by atoms with Gasteiger partial charge in [0.05, 0.1) is 13.0 Å². The second-order valence-corrected chi connectivity index (χ2v) is 4.89. The first-order valence-corrected chi connectivity index (χ1v) is 6.67. The predicted octanol–water partition coefficient (Wildman–Crippen LogP) is 1.49. The lowest BCUT2D eigenvalue weighted by Crippen LogP contribution is -2.39. The number of carbonyl (C=O) groups is 1. The molecule has 0 amide bonds. The van der Waals surface area contributed by atoms with Crippen LogP contribution in [0.4, 0.5) is 5.13 Å². The van der Waals surface area contributed by atoms with Crippen LogP contribution in [-0.2, 0) is 16.0 Å². The number of anilines is 1. The molecule has 1 aliphatic rings. The molecule has 0 aliphatic carbocycles. The van der Waals surface area contributed by atoms with Gasteiger partial charge in [0, 0.05) is 31.0 Å². The van der Waals surface area contributed by atoms with Crippen LogP contribution in [0.5, 0.6) is 0 Å². The monoisotopic (exact) mass is 255 g/mol. The maximum absolute atomic E-state index is 11.5. The van der Waals surface area contributed by atoms with E-state index in [-0.39, 0.29) is 11.9 Å². The van der Waals surface area contributed by atoms with Crippen molar-refractivity contribution in [3.8, 4) is 0 Å². The van der Waals surface area contributed by atoms with Crippen LogP contribution in [0, 0.1) is 5.92 Å². The number of ether oxygens (including phenoxy) is 1. The van der Waals surface area contributed by atoms with Gasteiger partial charge >= 0.3 is 5.97 Å². The molecule has 0 saturated carbocycles. The fourth-order valence-electron chi connectivity index (χ4n) is 2.03. The standard InChI is InChI=1S/C11H17N3O2S/c1-3-9-12-11(17-13-9)14-6-4-5-8(7-14)10(15)16-2/h8H,3-7H2,1-2H3. The number of aromatic nitrogens is 2. The van der Waals surface area contributed by atoms with E-state index in [0.717, 1.165) is 36.8 Å². The van der Waals surface area contributed by atoms with Gasteiger partial charge in [0.1, 0.15) is 5.82 Å². The molecule has 1 aliphatic heterocycles. The molecule has 1 fully saturated rings. The van der Waals surface area contributed by atoms with E-state index in [0.29, 0.717) is 6.54 Å². The minimum atomic E-state index is -0.116. The number of piperidine rings is 1. The van der Waals surface area contributed by atoms with E-state index >= 15 is 0 Å². The summed E-state index contributed by atoms with van der Waals surface area (Å²) in [7, 11) is 1.45. The van der Waals surface area contributed by atoms with E-state index in [4.69, 9.17) is 4.74 Å². The average molecular weight is 255 g/mol. The Labute approximate surface area is 105 Å². The lowest BCUT2D eigenvalue weighted by atomic mass is 9.99. The van der Waals surface area contributed by atoms with Crippen LogP contribution in [-0.4, -0.2) is 35.5 Å². The molecule has 1 unspecified atom stereocenters. The molecule has 0 bridgehead atoms. The molecule has 6 heteroatoms. The van der Waals surface area contributed by atoms with Gasteiger partial charge in [-0.15, -0.1) is 0 Å². The number of hydrogen-bond acceptors (Lipinski definition) is 6. The number of carbonyl (C=O) groups excluding carboxylic acids is 1. The van der Waals surface area contributed by atoms with Crippen LogP contribution in [0.1, 0.15) is 25.6 Å². The molecule has 1 atom stereocenters. The van der Waals surface area contributed by atoms with Crippen molar-refractivity contribution in [2.45, 2.75) is 26.2 Å². The molecule has 94 valence electrons. The number of rotatable bonds is 3. The minimum absolute atomic E-state index is 0.0253. The van der Waals surface area contributed by atoms with Crippen molar-refractivity contribution in [2.75, 3.05) is 25.1 Å². The molecule has 0 N–H and O–H groups in total. The largest absolute Gasteiger partial charge is 0.469 e. The Morgan fingerprint density at radius 2 is 2.47 bits per heavy atom. The molecule has 1 aromatic heterocycles. The number of aryl methyl sites for hydroxylation is 1. The van der Waals surface area contributed by atoms with Crippen molar-refractivity contribution in [1.82, 2.24) is 9.36 Å². The Hall–Kier alpha value is -1.17. The second kappa shape index (κ2) is 5.44. The van der Waals surface area contributed by atoms with Gasteiger partial charge in [-0.05, 0) is 12.8 Å². The van der Waals surface area contributed by atoms with Crippen molar-refractivity contribution >= 4 is 22.6 Å². The summed E-state index contributed by atoms with van der Waals surface area (Å²) in [5, 5.41) is 0.926. The SMILES string of the molecule is CCc1nsc(N2CCCC(C(=O)OC)C2)n1.